The summed E-state index contributed by atoms with van der Waals surface area (Å²) in [5.74, 6) is 0.911. The first-order valence-corrected chi connectivity index (χ1v) is 7.70. The average molecular weight is 254 g/mol. The van der Waals surface area contributed by atoms with Gasteiger partial charge in [-0.1, -0.05) is 27.2 Å². The summed E-state index contributed by atoms with van der Waals surface area (Å²) in [7, 11) is 4.31. The number of nitrogens with zero attached hydrogens (tertiary/aromatic N) is 1. The Bertz CT molecular complexity index is 230. The molecule has 0 aromatic carbocycles. The number of hydrogen-bond donors (Lipinski definition) is 1. The van der Waals surface area contributed by atoms with Gasteiger partial charge in [-0.25, -0.2) is 0 Å². The van der Waals surface area contributed by atoms with E-state index < -0.39 is 0 Å². The van der Waals surface area contributed by atoms with Crippen molar-refractivity contribution >= 4 is 0 Å². The van der Waals surface area contributed by atoms with Gasteiger partial charge in [0.1, 0.15) is 0 Å². The van der Waals surface area contributed by atoms with E-state index in [4.69, 9.17) is 0 Å². The van der Waals surface area contributed by atoms with Gasteiger partial charge in [-0.05, 0) is 58.0 Å². The summed E-state index contributed by atoms with van der Waals surface area (Å²) in [5.41, 5.74) is 0.490. The summed E-state index contributed by atoms with van der Waals surface area (Å²) in [5, 5.41) is 3.82. The number of likely N-dealkylation sites (N-methyl/N-ethyl adjacent to an activating group) is 1. The van der Waals surface area contributed by atoms with Gasteiger partial charge in [0.25, 0.3) is 0 Å². The van der Waals surface area contributed by atoms with Gasteiger partial charge in [-0.2, -0.15) is 0 Å². The maximum atomic E-state index is 3.82. The van der Waals surface area contributed by atoms with Crippen LogP contribution in [0.25, 0.3) is 0 Å². The first-order valence-electron chi connectivity index (χ1n) is 7.70. The third-order valence-corrected chi connectivity index (χ3v) is 4.35. The third kappa shape index (κ3) is 5.71. The van der Waals surface area contributed by atoms with Crippen LogP contribution in [0.2, 0.25) is 0 Å². The van der Waals surface area contributed by atoms with Crippen molar-refractivity contribution in [1.82, 2.24) is 10.2 Å². The van der Waals surface area contributed by atoms with Gasteiger partial charge >= 0.3 is 0 Å². The Balaban J connectivity index is 2.38. The van der Waals surface area contributed by atoms with Crippen LogP contribution in [-0.2, 0) is 0 Å². The molecule has 0 aromatic rings. The molecule has 3 atom stereocenters. The molecule has 2 heteroatoms. The molecule has 18 heavy (non-hydrogen) atoms. The Hall–Kier alpha value is -0.0800. The molecule has 0 heterocycles. The second kappa shape index (κ2) is 6.91. The molecule has 108 valence electrons. The zero-order valence-corrected chi connectivity index (χ0v) is 13.4. The largest absolute Gasteiger partial charge is 0.310 e. The molecule has 1 rings (SSSR count). The van der Waals surface area contributed by atoms with Gasteiger partial charge in [-0.15, -0.1) is 0 Å². The molecule has 1 aliphatic carbocycles. The zero-order valence-electron chi connectivity index (χ0n) is 13.4. The van der Waals surface area contributed by atoms with E-state index in [0.29, 0.717) is 11.5 Å². The summed E-state index contributed by atoms with van der Waals surface area (Å²) in [4.78, 5) is 2.27. The molecule has 1 saturated carbocycles. The van der Waals surface area contributed by atoms with Crippen LogP contribution in [0.15, 0.2) is 0 Å². The average Bonchev–Trinajstić information content (AvgIpc) is 2.40. The molecule has 0 bridgehead atoms. The van der Waals surface area contributed by atoms with E-state index in [-0.39, 0.29) is 0 Å². The highest BCUT2D eigenvalue weighted by atomic mass is 15.1. The Morgan fingerprint density at radius 1 is 1.11 bits per heavy atom. The molecule has 3 unspecified atom stereocenters. The second-order valence-electron chi connectivity index (χ2n) is 7.60. The van der Waals surface area contributed by atoms with Gasteiger partial charge in [0, 0.05) is 18.6 Å². The van der Waals surface area contributed by atoms with Crippen LogP contribution in [0.3, 0.4) is 0 Å². The summed E-state index contributed by atoms with van der Waals surface area (Å²) >= 11 is 0. The fourth-order valence-electron chi connectivity index (χ4n) is 3.34. The van der Waals surface area contributed by atoms with Crippen LogP contribution < -0.4 is 5.32 Å². The summed E-state index contributed by atoms with van der Waals surface area (Å²) in [6.45, 7) is 10.7. The highest BCUT2D eigenvalue weighted by Crippen LogP contribution is 2.36. The smallest absolute Gasteiger partial charge is 0.0169 e. The van der Waals surface area contributed by atoms with Gasteiger partial charge in [-0.3, -0.25) is 0 Å². The Morgan fingerprint density at radius 2 is 1.78 bits per heavy atom. The maximum absolute atomic E-state index is 3.82. The van der Waals surface area contributed by atoms with Crippen molar-refractivity contribution in [2.24, 2.45) is 11.3 Å². The molecular formula is C16H34N2. The molecule has 1 fully saturated rings. The standard InChI is InChI=1S/C16H34N2/c1-13(12-18(5)6)17-15-9-7-8-14(10-11-15)16(2,3)4/h13-15,17H,7-12H2,1-6H3. The summed E-state index contributed by atoms with van der Waals surface area (Å²) in [6, 6.07) is 1.35. The minimum Gasteiger partial charge on any atom is -0.310 e. The topological polar surface area (TPSA) is 15.3 Å². The van der Waals surface area contributed by atoms with Crippen molar-refractivity contribution in [1.29, 1.82) is 0 Å². The lowest BCUT2D eigenvalue weighted by atomic mass is 9.76. The highest BCUT2D eigenvalue weighted by Gasteiger charge is 2.28. The minimum atomic E-state index is 0.490. The first kappa shape index (κ1) is 16.0. The van der Waals surface area contributed by atoms with Crippen LogP contribution in [0.5, 0.6) is 0 Å². The normalized spacial score (nSPS) is 28.2. The van der Waals surface area contributed by atoms with Crippen molar-refractivity contribution in [3.63, 3.8) is 0 Å². The maximum Gasteiger partial charge on any atom is 0.0169 e. The predicted octanol–water partition coefficient (Wildman–Crippen LogP) is 3.52. The van der Waals surface area contributed by atoms with E-state index in [1.54, 1.807) is 0 Å². The van der Waals surface area contributed by atoms with Crippen LogP contribution >= 0.6 is 0 Å². The van der Waals surface area contributed by atoms with Crippen molar-refractivity contribution in [3.05, 3.63) is 0 Å². The number of hydrogen-bond acceptors (Lipinski definition) is 2. The zero-order chi connectivity index (χ0) is 13.8. The number of rotatable bonds is 4. The van der Waals surface area contributed by atoms with E-state index in [0.717, 1.165) is 18.5 Å². The lowest BCUT2D eigenvalue weighted by Crippen LogP contribution is -2.42. The predicted molar refractivity (Wildman–Crippen MR) is 81.0 cm³/mol. The van der Waals surface area contributed by atoms with Crippen LogP contribution in [0, 0.1) is 11.3 Å². The summed E-state index contributed by atoms with van der Waals surface area (Å²) in [6.07, 6.45) is 6.94. The molecule has 1 N–H and O–H groups in total. The Labute approximate surface area is 115 Å². The lowest BCUT2D eigenvalue weighted by Gasteiger charge is -2.30. The van der Waals surface area contributed by atoms with E-state index in [2.05, 4.69) is 52.0 Å². The Kier molecular flexibility index (Phi) is 6.13. The first-order chi connectivity index (χ1) is 8.29. The van der Waals surface area contributed by atoms with Gasteiger partial charge in [0.2, 0.25) is 0 Å². The third-order valence-electron chi connectivity index (χ3n) is 4.35. The van der Waals surface area contributed by atoms with Crippen molar-refractivity contribution in [2.45, 2.75) is 71.9 Å². The fraction of sp³-hybridized carbons (Fsp3) is 1.00. The molecular weight excluding hydrogens is 220 g/mol. The van der Waals surface area contributed by atoms with Crippen LogP contribution in [0.1, 0.15) is 59.8 Å². The molecule has 0 aromatic heterocycles. The molecule has 1 aliphatic rings. The van der Waals surface area contributed by atoms with Crippen LogP contribution in [0.4, 0.5) is 0 Å². The highest BCUT2D eigenvalue weighted by molar-refractivity contribution is 4.82. The molecule has 2 nitrogen and oxygen atoms in total. The van der Waals surface area contributed by atoms with E-state index in [1.165, 1.54) is 32.1 Å². The van der Waals surface area contributed by atoms with Gasteiger partial charge < -0.3 is 10.2 Å². The van der Waals surface area contributed by atoms with E-state index >= 15 is 0 Å². The van der Waals surface area contributed by atoms with Crippen molar-refractivity contribution in [3.8, 4) is 0 Å². The Morgan fingerprint density at radius 3 is 2.33 bits per heavy atom. The molecule has 0 amide bonds. The van der Waals surface area contributed by atoms with Gasteiger partial charge in [0.05, 0.1) is 0 Å². The fourth-order valence-corrected chi connectivity index (χ4v) is 3.34. The van der Waals surface area contributed by atoms with Crippen molar-refractivity contribution in [2.75, 3.05) is 20.6 Å². The number of nitrogens with one attached hydrogen (secondary N) is 1. The van der Waals surface area contributed by atoms with Gasteiger partial charge in [0.15, 0.2) is 0 Å². The van der Waals surface area contributed by atoms with Crippen LogP contribution in [-0.4, -0.2) is 37.6 Å². The minimum absolute atomic E-state index is 0.490. The van der Waals surface area contributed by atoms with E-state index in [1.807, 2.05) is 0 Å². The van der Waals surface area contributed by atoms with E-state index in [9.17, 15) is 0 Å². The molecule has 0 radical (unpaired) electrons. The quantitative estimate of drug-likeness (QED) is 0.772. The monoisotopic (exact) mass is 254 g/mol. The SMILES string of the molecule is CC(CN(C)C)NC1CCCC(C(C)(C)C)CC1. The van der Waals surface area contributed by atoms with Crippen molar-refractivity contribution < 1.29 is 0 Å². The molecule has 0 saturated heterocycles. The lowest BCUT2D eigenvalue weighted by molar-refractivity contribution is 0.212. The molecule has 0 spiro atoms. The second-order valence-corrected chi connectivity index (χ2v) is 7.60. The summed E-state index contributed by atoms with van der Waals surface area (Å²) < 4.78 is 0. The molecule has 0 aliphatic heterocycles.